The lowest BCUT2D eigenvalue weighted by Gasteiger charge is -2.11. The molecule has 0 unspecified atom stereocenters. The molecule has 0 bridgehead atoms. The molecule has 0 aliphatic carbocycles. The van der Waals surface area contributed by atoms with Gasteiger partial charge in [-0.2, -0.15) is 10.5 Å². The number of nitrogens with zero attached hydrogens (tertiary/aromatic N) is 2. The van der Waals surface area contributed by atoms with Crippen LogP contribution >= 0.6 is 27.3 Å². The van der Waals surface area contributed by atoms with Gasteiger partial charge >= 0.3 is 5.97 Å². The largest absolute Gasteiger partial charge is 0.493 e. The first-order chi connectivity index (χ1) is 11.1. The van der Waals surface area contributed by atoms with E-state index in [1.807, 2.05) is 0 Å². The molecule has 114 valence electrons. The zero-order valence-corrected chi connectivity index (χ0v) is 14.3. The number of esters is 1. The molecule has 0 saturated carbocycles. The highest BCUT2D eigenvalue weighted by Crippen LogP contribution is 2.38. The lowest BCUT2D eigenvalue weighted by molar-refractivity contribution is 0.0733. The van der Waals surface area contributed by atoms with Crippen LogP contribution in [0.1, 0.15) is 15.2 Å². The summed E-state index contributed by atoms with van der Waals surface area (Å²) in [6, 6.07) is 10.2. The number of benzene rings is 1. The first-order valence-corrected chi connectivity index (χ1v) is 7.91. The van der Waals surface area contributed by atoms with E-state index in [1.54, 1.807) is 41.8 Å². The fourth-order valence-corrected chi connectivity index (χ4v) is 2.86. The highest BCUT2D eigenvalue weighted by atomic mass is 79.9. The molecule has 0 fully saturated rings. The maximum absolute atomic E-state index is 12.1. The second-order valence-electron chi connectivity index (χ2n) is 4.18. The molecule has 0 aliphatic heterocycles. The summed E-state index contributed by atoms with van der Waals surface area (Å²) in [7, 11) is 1.44. The number of carbonyl (C=O) groups is 1. The van der Waals surface area contributed by atoms with Crippen molar-refractivity contribution in [2.24, 2.45) is 0 Å². The molecular formula is C16H9BrN2O3S. The molecule has 2 aromatic rings. The van der Waals surface area contributed by atoms with Gasteiger partial charge in [-0.3, -0.25) is 0 Å². The minimum Gasteiger partial charge on any atom is -0.493 e. The highest BCUT2D eigenvalue weighted by Gasteiger charge is 2.17. The van der Waals surface area contributed by atoms with Crippen molar-refractivity contribution in [3.8, 4) is 23.6 Å². The monoisotopic (exact) mass is 388 g/mol. The highest BCUT2D eigenvalue weighted by molar-refractivity contribution is 9.10. The molecule has 23 heavy (non-hydrogen) atoms. The molecule has 0 amide bonds. The Morgan fingerprint density at radius 3 is 2.65 bits per heavy atom. The minimum atomic E-state index is -0.489. The van der Waals surface area contributed by atoms with Gasteiger partial charge in [-0.15, -0.1) is 11.3 Å². The van der Waals surface area contributed by atoms with Crippen LogP contribution in [-0.4, -0.2) is 13.1 Å². The summed E-state index contributed by atoms with van der Waals surface area (Å²) in [4.78, 5) is 12.5. The van der Waals surface area contributed by atoms with Crippen LogP contribution in [0.15, 0.2) is 39.7 Å². The van der Waals surface area contributed by atoms with Gasteiger partial charge in [-0.1, -0.05) is 6.07 Å². The number of nitriles is 2. The fourth-order valence-electron chi connectivity index (χ4n) is 1.72. The Bertz CT molecular complexity index is 829. The fraction of sp³-hybridized carbons (Fsp3) is 0.0625. The smallest absolute Gasteiger partial charge is 0.353 e. The molecule has 0 saturated heterocycles. The Labute approximate surface area is 145 Å². The van der Waals surface area contributed by atoms with Crippen LogP contribution in [0.4, 0.5) is 0 Å². The SMILES string of the molecule is COc1cc(C=C(C#N)C#N)cc(Br)c1OC(=O)c1cccs1. The van der Waals surface area contributed by atoms with Gasteiger partial charge < -0.3 is 9.47 Å². The Hall–Kier alpha value is -2.61. The molecule has 2 rings (SSSR count). The topological polar surface area (TPSA) is 83.1 Å². The Morgan fingerprint density at radius 2 is 2.09 bits per heavy atom. The first-order valence-electron chi connectivity index (χ1n) is 6.24. The van der Waals surface area contributed by atoms with Crippen molar-refractivity contribution in [3.63, 3.8) is 0 Å². The van der Waals surface area contributed by atoms with Crippen molar-refractivity contribution in [2.75, 3.05) is 7.11 Å². The molecule has 7 heteroatoms. The van der Waals surface area contributed by atoms with Gasteiger partial charge in [0.25, 0.3) is 0 Å². The number of rotatable bonds is 4. The van der Waals surface area contributed by atoms with Crippen LogP contribution in [0, 0.1) is 22.7 Å². The summed E-state index contributed by atoms with van der Waals surface area (Å²) >= 11 is 4.59. The van der Waals surface area contributed by atoms with E-state index in [1.165, 1.54) is 24.5 Å². The maximum atomic E-state index is 12.1. The van der Waals surface area contributed by atoms with Gasteiger partial charge in [-0.05, 0) is 51.1 Å². The van der Waals surface area contributed by atoms with Gasteiger partial charge in [0.15, 0.2) is 11.5 Å². The molecule has 0 radical (unpaired) electrons. The minimum absolute atomic E-state index is 0.0396. The van der Waals surface area contributed by atoms with Crippen LogP contribution < -0.4 is 9.47 Å². The Morgan fingerprint density at radius 1 is 1.35 bits per heavy atom. The number of carbonyl (C=O) groups excluding carboxylic acids is 1. The summed E-state index contributed by atoms with van der Waals surface area (Å²) < 4.78 is 11.1. The van der Waals surface area contributed by atoms with Crippen LogP contribution in [0.2, 0.25) is 0 Å². The number of halogens is 1. The zero-order valence-electron chi connectivity index (χ0n) is 11.9. The van der Waals surface area contributed by atoms with Crippen molar-refractivity contribution in [2.45, 2.75) is 0 Å². The molecule has 1 heterocycles. The molecule has 0 aliphatic rings. The summed E-state index contributed by atoms with van der Waals surface area (Å²) in [5.41, 5.74) is 0.532. The van der Waals surface area contributed by atoms with Crippen molar-refractivity contribution in [1.82, 2.24) is 0 Å². The van der Waals surface area contributed by atoms with Crippen LogP contribution in [0.25, 0.3) is 6.08 Å². The first kappa shape index (κ1) is 16.8. The van der Waals surface area contributed by atoms with E-state index in [9.17, 15) is 4.79 Å². The van der Waals surface area contributed by atoms with Crippen LogP contribution in [0.3, 0.4) is 0 Å². The second kappa shape index (κ2) is 7.59. The number of allylic oxidation sites excluding steroid dienone is 1. The third kappa shape index (κ3) is 3.98. The number of methoxy groups -OCH3 is 1. The number of thiophene rings is 1. The van der Waals surface area contributed by atoms with Crippen molar-refractivity contribution in [3.05, 3.63) is 50.1 Å². The predicted molar refractivity (Wildman–Crippen MR) is 89.2 cm³/mol. The number of hydrogen-bond donors (Lipinski definition) is 0. The summed E-state index contributed by atoms with van der Waals surface area (Å²) in [6.45, 7) is 0. The van der Waals surface area contributed by atoms with Crippen molar-refractivity contribution >= 4 is 39.3 Å². The summed E-state index contributed by atoms with van der Waals surface area (Å²) in [6.07, 6.45) is 1.41. The van der Waals surface area contributed by atoms with Crippen molar-refractivity contribution in [1.29, 1.82) is 10.5 Å². The zero-order chi connectivity index (χ0) is 16.8. The van der Waals surface area contributed by atoms with Gasteiger partial charge in [-0.25, -0.2) is 4.79 Å². The molecule has 5 nitrogen and oxygen atoms in total. The van der Waals surface area contributed by atoms with E-state index in [0.717, 1.165) is 0 Å². The van der Waals surface area contributed by atoms with E-state index in [0.29, 0.717) is 20.7 Å². The molecule has 0 N–H and O–H groups in total. The molecule has 1 aromatic heterocycles. The summed E-state index contributed by atoms with van der Waals surface area (Å²) in [5, 5.41) is 19.4. The number of ether oxygens (including phenoxy) is 2. The number of hydrogen-bond acceptors (Lipinski definition) is 6. The third-order valence-corrected chi connectivity index (χ3v) is 4.16. The third-order valence-electron chi connectivity index (χ3n) is 2.72. The standard InChI is InChI=1S/C16H9BrN2O3S/c1-21-13-7-10(5-11(8-18)9-19)6-12(17)15(13)22-16(20)14-3-2-4-23-14/h2-7H,1H3. The predicted octanol–water partition coefficient (Wildman–Crippen LogP) is 4.17. The lowest BCUT2D eigenvalue weighted by Crippen LogP contribution is -2.08. The Balaban J connectivity index is 2.39. The normalized spacial score (nSPS) is 9.39. The molecule has 1 aromatic carbocycles. The van der Waals surface area contributed by atoms with E-state index >= 15 is 0 Å². The van der Waals surface area contributed by atoms with Gasteiger partial charge in [0.05, 0.1) is 11.6 Å². The van der Waals surface area contributed by atoms with Gasteiger partial charge in [0.1, 0.15) is 22.6 Å². The van der Waals surface area contributed by atoms with Crippen molar-refractivity contribution < 1.29 is 14.3 Å². The second-order valence-corrected chi connectivity index (χ2v) is 5.98. The maximum Gasteiger partial charge on any atom is 0.353 e. The van der Waals surface area contributed by atoms with Crippen LogP contribution in [0.5, 0.6) is 11.5 Å². The van der Waals surface area contributed by atoms with Gasteiger partial charge in [0.2, 0.25) is 0 Å². The van der Waals surface area contributed by atoms with Crippen LogP contribution in [-0.2, 0) is 0 Å². The van der Waals surface area contributed by atoms with Gasteiger partial charge in [0, 0.05) is 0 Å². The van der Waals surface area contributed by atoms with E-state index in [4.69, 9.17) is 20.0 Å². The lowest BCUT2D eigenvalue weighted by atomic mass is 10.1. The molecule has 0 spiro atoms. The molecule has 0 atom stereocenters. The van der Waals surface area contributed by atoms with E-state index in [2.05, 4.69) is 15.9 Å². The average molecular weight is 389 g/mol. The van der Waals surface area contributed by atoms with E-state index < -0.39 is 5.97 Å². The van der Waals surface area contributed by atoms with E-state index in [-0.39, 0.29) is 11.3 Å². The Kier molecular flexibility index (Phi) is 5.53. The summed E-state index contributed by atoms with van der Waals surface area (Å²) in [5.74, 6) is 0.0568. The average Bonchev–Trinajstić information content (AvgIpc) is 3.09. The molecular weight excluding hydrogens is 380 g/mol. The quantitative estimate of drug-likeness (QED) is 0.445.